The summed E-state index contributed by atoms with van der Waals surface area (Å²) in [4.78, 5) is 21.7. The predicted molar refractivity (Wildman–Crippen MR) is 92.8 cm³/mol. The maximum atomic E-state index is 12.2. The van der Waals surface area contributed by atoms with E-state index >= 15 is 0 Å². The van der Waals surface area contributed by atoms with E-state index in [0.717, 1.165) is 24.3 Å². The quantitative estimate of drug-likeness (QED) is 0.826. The minimum absolute atomic E-state index is 0.231. The molecule has 0 aromatic rings. The summed E-state index contributed by atoms with van der Waals surface area (Å²) < 4.78 is 0. The highest BCUT2D eigenvalue weighted by molar-refractivity contribution is 6.47. The first kappa shape index (κ1) is 18.9. The Balaban J connectivity index is 3.66. The molecule has 0 radical (unpaired) electrons. The summed E-state index contributed by atoms with van der Waals surface area (Å²) >= 11 is 0. The van der Waals surface area contributed by atoms with Gasteiger partial charge in [0.05, 0.1) is 11.4 Å². The Morgan fingerprint density at radius 3 is 1.55 bits per heavy atom. The van der Waals surface area contributed by atoms with Crippen molar-refractivity contribution in [1.82, 2.24) is 0 Å². The molecule has 4 nitrogen and oxygen atoms in total. The molecular formula is C18H32N2O2. The van der Waals surface area contributed by atoms with E-state index in [2.05, 4.69) is 48.5 Å². The molecule has 4 heteroatoms. The summed E-state index contributed by atoms with van der Waals surface area (Å²) in [6.45, 7) is 18.4. The summed E-state index contributed by atoms with van der Waals surface area (Å²) in [5.74, 6) is -0.952. The third-order valence-corrected chi connectivity index (χ3v) is 4.31. The second-order valence-electron chi connectivity index (χ2n) is 9.03. The number of carboxylic acids is 1. The zero-order valence-electron chi connectivity index (χ0n) is 15.7. The summed E-state index contributed by atoms with van der Waals surface area (Å²) in [5.41, 5.74) is -0.749. The molecule has 0 aliphatic carbocycles. The van der Waals surface area contributed by atoms with Gasteiger partial charge in [0.15, 0.2) is 0 Å². The van der Waals surface area contributed by atoms with Crippen molar-refractivity contribution in [3.8, 4) is 0 Å². The van der Waals surface area contributed by atoms with Crippen LogP contribution in [-0.4, -0.2) is 28.2 Å². The third kappa shape index (κ3) is 3.11. The fourth-order valence-electron chi connectivity index (χ4n) is 2.99. The van der Waals surface area contributed by atoms with Gasteiger partial charge in [-0.25, -0.2) is 14.8 Å². The van der Waals surface area contributed by atoms with Crippen LogP contribution in [0.25, 0.3) is 0 Å². The molecule has 0 saturated heterocycles. The van der Waals surface area contributed by atoms with E-state index in [0.29, 0.717) is 0 Å². The highest BCUT2D eigenvalue weighted by atomic mass is 16.4. The first-order chi connectivity index (χ1) is 9.69. The van der Waals surface area contributed by atoms with Crippen molar-refractivity contribution in [2.45, 2.75) is 80.8 Å². The molecule has 0 atom stereocenters. The molecule has 0 bridgehead atoms. The molecule has 1 aliphatic heterocycles. The predicted octanol–water partition coefficient (Wildman–Crippen LogP) is 4.58. The molecule has 1 heterocycles. The first-order valence-corrected chi connectivity index (χ1v) is 8.13. The van der Waals surface area contributed by atoms with Gasteiger partial charge in [0.2, 0.25) is 0 Å². The SMILES string of the molecule is CCCC(C)(C)C1(C(=O)O)N=C(C(C)(C)C)C(C(C)(C)C)=N1. The average molecular weight is 308 g/mol. The van der Waals surface area contributed by atoms with Gasteiger partial charge in [-0.3, -0.25) is 0 Å². The lowest BCUT2D eigenvalue weighted by Crippen LogP contribution is -2.47. The van der Waals surface area contributed by atoms with Gasteiger partial charge in [-0.15, -0.1) is 0 Å². The highest BCUT2D eigenvalue weighted by Gasteiger charge is 2.56. The number of aliphatic carboxylic acids is 1. The number of hydrogen-bond acceptors (Lipinski definition) is 3. The average Bonchev–Trinajstić information content (AvgIpc) is 2.69. The van der Waals surface area contributed by atoms with Crippen LogP contribution in [0, 0.1) is 16.2 Å². The van der Waals surface area contributed by atoms with Crippen LogP contribution in [0.5, 0.6) is 0 Å². The number of hydrogen-bond donors (Lipinski definition) is 1. The van der Waals surface area contributed by atoms with Crippen LogP contribution in [0.15, 0.2) is 9.98 Å². The van der Waals surface area contributed by atoms with Crippen LogP contribution in [0.3, 0.4) is 0 Å². The largest absolute Gasteiger partial charge is 0.478 e. The Morgan fingerprint density at radius 2 is 1.32 bits per heavy atom. The van der Waals surface area contributed by atoms with E-state index in [-0.39, 0.29) is 10.8 Å². The van der Waals surface area contributed by atoms with Crippen LogP contribution in [0.2, 0.25) is 0 Å². The van der Waals surface area contributed by atoms with E-state index in [9.17, 15) is 9.90 Å². The van der Waals surface area contributed by atoms with E-state index in [1.54, 1.807) is 0 Å². The minimum atomic E-state index is -1.41. The highest BCUT2D eigenvalue weighted by Crippen LogP contribution is 2.46. The zero-order valence-corrected chi connectivity index (χ0v) is 15.7. The van der Waals surface area contributed by atoms with Gasteiger partial charge in [-0.1, -0.05) is 68.7 Å². The topological polar surface area (TPSA) is 62.0 Å². The monoisotopic (exact) mass is 308 g/mol. The zero-order chi connectivity index (χ0) is 17.6. The Hall–Kier alpha value is -1.19. The minimum Gasteiger partial charge on any atom is -0.478 e. The number of rotatable bonds is 4. The van der Waals surface area contributed by atoms with Gasteiger partial charge in [-0.05, 0) is 6.42 Å². The third-order valence-electron chi connectivity index (χ3n) is 4.31. The van der Waals surface area contributed by atoms with Crippen molar-refractivity contribution in [3.63, 3.8) is 0 Å². The van der Waals surface area contributed by atoms with Gasteiger partial charge in [0.25, 0.3) is 5.66 Å². The van der Waals surface area contributed by atoms with Crippen molar-refractivity contribution >= 4 is 17.4 Å². The molecule has 0 aromatic carbocycles. The van der Waals surface area contributed by atoms with Crippen molar-refractivity contribution in [2.75, 3.05) is 0 Å². The molecular weight excluding hydrogens is 276 g/mol. The van der Waals surface area contributed by atoms with Gasteiger partial charge in [-0.2, -0.15) is 0 Å². The summed E-state index contributed by atoms with van der Waals surface area (Å²) in [6.07, 6.45) is 1.67. The van der Waals surface area contributed by atoms with Crippen molar-refractivity contribution in [3.05, 3.63) is 0 Å². The van der Waals surface area contributed by atoms with E-state index < -0.39 is 17.0 Å². The van der Waals surface area contributed by atoms with E-state index in [1.807, 2.05) is 13.8 Å². The van der Waals surface area contributed by atoms with Gasteiger partial charge in [0, 0.05) is 16.2 Å². The number of carboxylic acid groups (broad SMARTS) is 1. The molecule has 1 N–H and O–H groups in total. The maximum absolute atomic E-state index is 12.2. The van der Waals surface area contributed by atoms with Gasteiger partial charge >= 0.3 is 5.97 Å². The van der Waals surface area contributed by atoms with Crippen molar-refractivity contribution in [1.29, 1.82) is 0 Å². The lowest BCUT2D eigenvalue weighted by Gasteiger charge is -2.36. The van der Waals surface area contributed by atoms with E-state index in [4.69, 9.17) is 9.98 Å². The van der Waals surface area contributed by atoms with Crippen LogP contribution < -0.4 is 0 Å². The second-order valence-corrected chi connectivity index (χ2v) is 9.03. The van der Waals surface area contributed by atoms with Crippen molar-refractivity contribution < 1.29 is 9.90 Å². The van der Waals surface area contributed by atoms with Crippen LogP contribution >= 0.6 is 0 Å². The molecule has 22 heavy (non-hydrogen) atoms. The second kappa shape index (κ2) is 5.47. The molecule has 1 rings (SSSR count). The summed E-state index contributed by atoms with van der Waals surface area (Å²) in [7, 11) is 0. The van der Waals surface area contributed by atoms with Gasteiger partial charge in [0.1, 0.15) is 0 Å². The Kier molecular flexibility index (Phi) is 4.69. The Morgan fingerprint density at radius 1 is 0.955 bits per heavy atom. The fraction of sp³-hybridized carbons (Fsp3) is 0.833. The molecule has 0 spiro atoms. The van der Waals surface area contributed by atoms with Crippen LogP contribution in [-0.2, 0) is 4.79 Å². The number of carbonyl (C=O) groups is 1. The van der Waals surface area contributed by atoms with E-state index in [1.165, 1.54) is 0 Å². The molecule has 0 aromatic heterocycles. The molecule has 0 amide bonds. The Labute approximate surface area is 135 Å². The van der Waals surface area contributed by atoms with Crippen LogP contribution in [0.4, 0.5) is 0 Å². The molecule has 0 fully saturated rings. The normalized spacial score (nSPS) is 19.0. The molecule has 126 valence electrons. The molecule has 0 unspecified atom stereocenters. The summed E-state index contributed by atoms with van der Waals surface area (Å²) in [6, 6.07) is 0. The Bertz CT molecular complexity index is 484. The smallest absolute Gasteiger partial charge is 0.354 e. The molecule has 1 aliphatic rings. The standard InChI is InChI=1S/C18H32N2O2/c1-10-11-17(8,9)18(14(21)22)19-12(15(2,3)4)13(20-18)16(5,6)7/h10-11H2,1-9H3,(H,21,22). The van der Waals surface area contributed by atoms with Crippen LogP contribution in [0.1, 0.15) is 75.2 Å². The molecule has 0 saturated carbocycles. The number of nitrogens with zero attached hydrogens (tertiary/aromatic N) is 2. The lowest BCUT2D eigenvalue weighted by molar-refractivity contribution is -0.147. The first-order valence-electron chi connectivity index (χ1n) is 8.13. The summed E-state index contributed by atoms with van der Waals surface area (Å²) in [5, 5.41) is 9.98. The maximum Gasteiger partial charge on any atom is 0.354 e. The van der Waals surface area contributed by atoms with Crippen molar-refractivity contribution in [2.24, 2.45) is 26.2 Å². The lowest BCUT2D eigenvalue weighted by atomic mass is 9.75. The fourth-order valence-corrected chi connectivity index (χ4v) is 2.99. The number of aliphatic imine (C=N–C) groups is 2. The van der Waals surface area contributed by atoms with Gasteiger partial charge < -0.3 is 5.11 Å².